The molecule has 0 aliphatic heterocycles. The largest absolute Gasteiger partial charge is 0.497 e. The molecule has 0 saturated carbocycles. The molecule has 0 spiro atoms. The van der Waals surface area contributed by atoms with Crippen molar-refractivity contribution in [2.24, 2.45) is 0 Å². The third-order valence-corrected chi connectivity index (χ3v) is 4.07. The van der Waals surface area contributed by atoms with Crippen LogP contribution in [0.1, 0.15) is 16.0 Å². The van der Waals surface area contributed by atoms with Crippen LogP contribution in [0.25, 0.3) is 11.6 Å². The summed E-state index contributed by atoms with van der Waals surface area (Å²) in [4.78, 5) is 12.5. The molecule has 0 unspecified atom stereocenters. The van der Waals surface area contributed by atoms with E-state index < -0.39 is 5.97 Å². The zero-order valence-corrected chi connectivity index (χ0v) is 12.9. The summed E-state index contributed by atoms with van der Waals surface area (Å²) in [6.45, 7) is 1.95. The van der Waals surface area contributed by atoms with Crippen LogP contribution in [0.2, 0.25) is 0 Å². The first-order valence-corrected chi connectivity index (χ1v) is 7.16. The Morgan fingerprint density at radius 2 is 2.00 bits per heavy atom. The third kappa shape index (κ3) is 3.25. The van der Waals surface area contributed by atoms with E-state index in [-0.39, 0.29) is 5.57 Å². The molecule has 1 aromatic heterocycles. The van der Waals surface area contributed by atoms with E-state index in [0.717, 1.165) is 10.4 Å². The fourth-order valence-electron chi connectivity index (χ4n) is 1.94. The number of aryl methyl sites for hydroxylation is 1. The Kier molecular flexibility index (Phi) is 4.65. The molecule has 1 aromatic carbocycles. The van der Waals surface area contributed by atoms with Crippen molar-refractivity contribution in [3.05, 3.63) is 45.6 Å². The van der Waals surface area contributed by atoms with Gasteiger partial charge in [-0.25, -0.2) is 4.79 Å². The minimum atomic E-state index is -0.994. The van der Waals surface area contributed by atoms with Gasteiger partial charge in [-0.1, -0.05) is 0 Å². The fourth-order valence-corrected chi connectivity index (χ4v) is 2.80. The van der Waals surface area contributed by atoms with Crippen molar-refractivity contribution in [3.63, 3.8) is 0 Å². The summed E-state index contributed by atoms with van der Waals surface area (Å²) in [6, 6.07) is 7.05. The van der Waals surface area contributed by atoms with Gasteiger partial charge in [0.25, 0.3) is 0 Å². The van der Waals surface area contributed by atoms with Crippen molar-refractivity contribution >= 4 is 29.0 Å². The lowest BCUT2D eigenvalue weighted by Gasteiger charge is -2.11. The van der Waals surface area contributed by atoms with Crippen molar-refractivity contribution in [1.82, 2.24) is 0 Å². The van der Waals surface area contributed by atoms with Gasteiger partial charge in [0.05, 0.1) is 19.8 Å². The monoisotopic (exact) mass is 304 g/mol. The first-order chi connectivity index (χ1) is 10.1. The second-order valence-electron chi connectivity index (χ2n) is 4.40. The molecule has 0 aliphatic rings. The number of ether oxygens (including phenoxy) is 2. The minimum Gasteiger partial charge on any atom is -0.497 e. The van der Waals surface area contributed by atoms with Crippen molar-refractivity contribution in [3.8, 4) is 11.5 Å². The average Bonchev–Trinajstić information content (AvgIpc) is 2.89. The molecule has 110 valence electrons. The lowest BCUT2D eigenvalue weighted by Crippen LogP contribution is -2.02. The molecule has 0 saturated heterocycles. The van der Waals surface area contributed by atoms with Crippen molar-refractivity contribution in [2.75, 3.05) is 14.2 Å². The predicted octanol–water partition coefficient (Wildman–Crippen LogP) is 3.70. The van der Waals surface area contributed by atoms with Gasteiger partial charge in [0.2, 0.25) is 0 Å². The summed E-state index contributed by atoms with van der Waals surface area (Å²) < 4.78 is 10.4. The molecular formula is C16H16O4S. The predicted molar refractivity (Wildman–Crippen MR) is 84.1 cm³/mol. The van der Waals surface area contributed by atoms with E-state index in [2.05, 4.69) is 0 Å². The zero-order valence-electron chi connectivity index (χ0n) is 12.0. The number of hydrogen-bond acceptors (Lipinski definition) is 4. The summed E-state index contributed by atoms with van der Waals surface area (Å²) in [7, 11) is 3.06. The van der Waals surface area contributed by atoms with E-state index in [0.29, 0.717) is 17.1 Å². The zero-order chi connectivity index (χ0) is 15.4. The first-order valence-electron chi connectivity index (χ1n) is 6.28. The van der Waals surface area contributed by atoms with Crippen LogP contribution in [0.5, 0.6) is 11.5 Å². The normalized spacial score (nSPS) is 11.3. The Morgan fingerprint density at radius 1 is 1.24 bits per heavy atom. The Morgan fingerprint density at radius 3 is 2.52 bits per heavy atom. The lowest BCUT2D eigenvalue weighted by atomic mass is 10.0. The Bertz CT molecular complexity index is 685. The molecule has 0 atom stereocenters. The maximum Gasteiger partial charge on any atom is 0.336 e. The molecule has 0 radical (unpaired) electrons. The molecule has 21 heavy (non-hydrogen) atoms. The Balaban J connectivity index is 2.56. The number of hydrogen-bond donors (Lipinski definition) is 1. The van der Waals surface area contributed by atoms with Crippen LogP contribution in [0.4, 0.5) is 0 Å². The van der Waals surface area contributed by atoms with Crippen molar-refractivity contribution < 1.29 is 19.4 Å². The maximum absolute atomic E-state index is 11.6. The number of carbonyl (C=O) groups is 1. The molecule has 1 heterocycles. The summed E-state index contributed by atoms with van der Waals surface area (Å²) >= 11 is 1.51. The summed E-state index contributed by atoms with van der Waals surface area (Å²) in [5.74, 6) is 0.0936. The number of carboxylic acid groups (broad SMARTS) is 1. The van der Waals surface area contributed by atoms with E-state index in [1.165, 1.54) is 18.4 Å². The number of aliphatic carboxylic acids is 1. The lowest BCUT2D eigenvalue weighted by molar-refractivity contribution is -0.130. The first kappa shape index (κ1) is 15.1. The molecule has 2 rings (SSSR count). The van der Waals surface area contributed by atoms with Gasteiger partial charge in [-0.05, 0) is 42.1 Å². The van der Waals surface area contributed by atoms with Gasteiger partial charge in [-0.2, -0.15) is 0 Å². The van der Waals surface area contributed by atoms with Crippen LogP contribution in [0.3, 0.4) is 0 Å². The van der Waals surface area contributed by atoms with E-state index in [4.69, 9.17) is 9.47 Å². The van der Waals surface area contributed by atoms with Gasteiger partial charge in [0.15, 0.2) is 0 Å². The van der Waals surface area contributed by atoms with Crippen LogP contribution < -0.4 is 9.47 Å². The second kappa shape index (κ2) is 6.45. The number of carboxylic acids is 1. The summed E-state index contributed by atoms with van der Waals surface area (Å²) in [5, 5.41) is 11.4. The van der Waals surface area contributed by atoms with Crippen LogP contribution >= 0.6 is 11.3 Å². The molecule has 2 aromatic rings. The topological polar surface area (TPSA) is 55.8 Å². The van der Waals surface area contributed by atoms with Gasteiger partial charge in [-0.3, -0.25) is 0 Å². The number of thiophene rings is 1. The Labute approximate surface area is 127 Å². The Hall–Kier alpha value is -2.27. The van der Waals surface area contributed by atoms with Gasteiger partial charge in [0, 0.05) is 16.5 Å². The quantitative estimate of drug-likeness (QED) is 0.856. The molecule has 1 N–H and O–H groups in total. The van der Waals surface area contributed by atoms with Gasteiger partial charge < -0.3 is 14.6 Å². The van der Waals surface area contributed by atoms with Gasteiger partial charge in [-0.15, -0.1) is 11.3 Å². The smallest absolute Gasteiger partial charge is 0.336 e. The number of methoxy groups -OCH3 is 2. The van der Waals surface area contributed by atoms with E-state index >= 15 is 0 Å². The molecule has 0 amide bonds. The van der Waals surface area contributed by atoms with Crippen LogP contribution in [-0.4, -0.2) is 25.3 Å². The third-order valence-electron chi connectivity index (χ3n) is 3.11. The summed E-state index contributed by atoms with van der Waals surface area (Å²) in [6.07, 6.45) is 1.67. The molecule has 4 nitrogen and oxygen atoms in total. The number of benzene rings is 1. The SMILES string of the molecule is COc1ccc(/C(=C/c2sccc2C)C(=O)O)c(OC)c1. The second-order valence-corrected chi connectivity index (χ2v) is 5.34. The molecule has 0 fully saturated rings. The molecule has 5 heteroatoms. The van der Waals surface area contributed by atoms with Crippen LogP contribution in [0.15, 0.2) is 29.6 Å². The molecular weight excluding hydrogens is 288 g/mol. The summed E-state index contributed by atoms with van der Waals surface area (Å²) in [5.41, 5.74) is 1.77. The van der Waals surface area contributed by atoms with Gasteiger partial charge in [0.1, 0.15) is 11.5 Å². The maximum atomic E-state index is 11.6. The highest BCUT2D eigenvalue weighted by molar-refractivity contribution is 7.11. The average molecular weight is 304 g/mol. The highest BCUT2D eigenvalue weighted by Gasteiger charge is 2.17. The van der Waals surface area contributed by atoms with Gasteiger partial charge >= 0.3 is 5.97 Å². The van der Waals surface area contributed by atoms with Crippen LogP contribution in [0, 0.1) is 6.92 Å². The van der Waals surface area contributed by atoms with Crippen LogP contribution in [-0.2, 0) is 4.79 Å². The van der Waals surface area contributed by atoms with E-state index in [9.17, 15) is 9.90 Å². The number of rotatable bonds is 5. The van der Waals surface area contributed by atoms with E-state index in [1.807, 2.05) is 18.4 Å². The molecule has 0 bridgehead atoms. The minimum absolute atomic E-state index is 0.194. The van der Waals surface area contributed by atoms with Crippen molar-refractivity contribution in [1.29, 1.82) is 0 Å². The van der Waals surface area contributed by atoms with E-state index in [1.54, 1.807) is 31.4 Å². The highest BCUT2D eigenvalue weighted by atomic mass is 32.1. The highest BCUT2D eigenvalue weighted by Crippen LogP contribution is 2.32. The van der Waals surface area contributed by atoms with Crippen molar-refractivity contribution in [2.45, 2.75) is 6.92 Å². The molecule has 0 aliphatic carbocycles. The standard InChI is InChI=1S/C16H16O4S/c1-10-6-7-21-15(10)9-13(16(17)18)12-5-4-11(19-2)8-14(12)20-3/h4-9H,1-3H3,(H,17,18)/b13-9-. The fraction of sp³-hybridized carbons (Fsp3) is 0.188.